The number of aromatic nitrogens is 1. The Labute approximate surface area is 168 Å². The molecule has 28 heavy (non-hydrogen) atoms. The Hall–Kier alpha value is -3.24. The lowest BCUT2D eigenvalue weighted by atomic mass is 9.98. The van der Waals surface area contributed by atoms with E-state index in [0.29, 0.717) is 16.3 Å². The quantitative estimate of drug-likeness (QED) is 0.251. The van der Waals surface area contributed by atoms with Crippen LogP contribution in [0, 0.1) is 6.92 Å². The summed E-state index contributed by atoms with van der Waals surface area (Å²) >= 11 is 6.56. The topological polar surface area (TPSA) is 49.6 Å². The van der Waals surface area contributed by atoms with Crippen LogP contribution in [0.3, 0.4) is 0 Å². The van der Waals surface area contributed by atoms with Crippen molar-refractivity contribution in [3.63, 3.8) is 0 Å². The van der Waals surface area contributed by atoms with Crippen LogP contribution in [-0.4, -0.2) is 15.5 Å². The monoisotopic (exact) mass is 389 g/mol. The average molecular weight is 390 g/mol. The van der Waals surface area contributed by atoms with Gasteiger partial charge in [0.05, 0.1) is 16.2 Å². The minimum atomic E-state index is 0.458. The van der Waals surface area contributed by atoms with E-state index in [0.717, 1.165) is 28.0 Å². The molecule has 5 heteroatoms. The Balaban J connectivity index is 1.70. The number of benzene rings is 3. The number of fused-ring (bicyclic) bond motifs is 1. The molecule has 0 amide bonds. The van der Waals surface area contributed by atoms with Gasteiger partial charge in [0.2, 0.25) is 0 Å². The van der Waals surface area contributed by atoms with Crippen molar-refractivity contribution >= 4 is 39.6 Å². The van der Waals surface area contributed by atoms with Gasteiger partial charge >= 0.3 is 0 Å². The predicted molar refractivity (Wildman–Crippen MR) is 116 cm³/mol. The summed E-state index contributed by atoms with van der Waals surface area (Å²) in [7, 11) is 2.02. The van der Waals surface area contributed by atoms with Crippen molar-refractivity contribution in [2.45, 2.75) is 6.92 Å². The minimum absolute atomic E-state index is 0.458. The summed E-state index contributed by atoms with van der Waals surface area (Å²) in [6, 6.07) is 21.7. The molecule has 0 atom stereocenters. The van der Waals surface area contributed by atoms with Gasteiger partial charge in [0.15, 0.2) is 0 Å². The number of anilines is 2. The highest BCUT2D eigenvalue weighted by Crippen LogP contribution is 2.30. The third kappa shape index (κ3) is 3.23. The number of aryl methyl sites for hydroxylation is 2. The molecule has 2 N–H and O–H groups in total. The molecule has 0 spiro atoms. The van der Waals surface area contributed by atoms with Gasteiger partial charge in [-0.3, -0.25) is 0 Å². The number of nitrogens with one attached hydrogen (secondary N) is 1. The fraction of sp³-hybridized carbons (Fsp3) is 0.0870. The smallest absolute Gasteiger partial charge is 0.118 e. The van der Waals surface area contributed by atoms with Crippen LogP contribution in [0.25, 0.3) is 10.9 Å². The lowest BCUT2D eigenvalue weighted by Crippen LogP contribution is -2.06. The standard InChI is InChI=1S/C23H20ClN3O/c1-15-6-3-4-8-18(15)22(26-28)19-11-10-17(14-20(19)24)25-21-9-5-7-16-12-13-27(2)23(16)21/h3-14,25,28H,1-2H3. The van der Waals surface area contributed by atoms with E-state index < -0.39 is 0 Å². The van der Waals surface area contributed by atoms with Crippen molar-refractivity contribution in [3.05, 3.63) is 94.6 Å². The number of halogens is 1. The maximum Gasteiger partial charge on any atom is 0.118 e. The highest BCUT2D eigenvalue weighted by Gasteiger charge is 2.14. The van der Waals surface area contributed by atoms with Crippen molar-refractivity contribution in [2.75, 3.05) is 5.32 Å². The summed E-state index contributed by atoms with van der Waals surface area (Å²) in [5, 5.41) is 18.3. The third-order valence-electron chi connectivity index (χ3n) is 4.90. The van der Waals surface area contributed by atoms with Gasteiger partial charge in [-0.15, -0.1) is 0 Å². The summed E-state index contributed by atoms with van der Waals surface area (Å²) in [6.07, 6.45) is 2.04. The van der Waals surface area contributed by atoms with Crippen molar-refractivity contribution in [3.8, 4) is 0 Å². The number of hydrogen-bond acceptors (Lipinski definition) is 3. The SMILES string of the molecule is Cc1ccccc1C(=NO)c1ccc(Nc2cccc3ccn(C)c23)cc1Cl. The van der Waals surface area contributed by atoms with Crippen molar-refractivity contribution in [2.24, 2.45) is 12.2 Å². The molecule has 0 fully saturated rings. The van der Waals surface area contributed by atoms with Crippen LogP contribution < -0.4 is 5.32 Å². The average Bonchev–Trinajstić information content (AvgIpc) is 3.07. The highest BCUT2D eigenvalue weighted by molar-refractivity contribution is 6.35. The molecule has 4 nitrogen and oxygen atoms in total. The maximum absolute atomic E-state index is 9.62. The molecule has 1 aromatic heterocycles. The molecule has 0 saturated carbocycles. The third-order valence-corrected chi connectivity index (χ3v) is 5.21. The van der Waals surface area contributed by atoms with Crippen LogP contribution >= 0.6 is 11.6 Å². The lowest BCUT2D eigenvalue weighted by molar-refractivity contribution is 0.319. The first-order chi connectivity index (χ1) is 13.6. The second-order valence-electron chi connectivity index (χ2n) is 6.75. The molecule has 0 radical (unpaired) electrons. The van der Waals surface area contributed by atoms with E-state index in [9.17, 15) is 5.21 Å². The highest BCUT2D eigenvalue weighted by atomic mass is 35.5. The van der Waals surface area contributed by atoms with E-state index in [2.05, 4.69) is 27.2 Å². The zero-order chi connectivity index (χ0) is 19.7. The normalized spacial score (nSPS) is 11.8. The summed E-state index contributed by atoms with van der Waals surface area (Å²) in [4.78, 5) is 0. The van der Waals surface area contributed by atoms with Crippen molar-refractivity contribution in [1.82, 2.24) is 4.57 Å². The van der Waals surface area contributed by atoms with Crippen LogP contribution in [0.2, 0.25) is 5.02 Å². The van der Waals surface area contributed by atoms with E-state index in [1.54, 1.807) is 0 Å². The molecule has 1 heterocycles. The Bertz CT molecular complexity index is 1190. The molecule has 0 aliphatic rings. The molecule has 0 bridgehead atoms. The van der Waals surface area contributed by atoms with Gasteiger partial charge in [-0.25, -0.2) is 0 Å². The van der Waals surface area contributed by atoms with Crippen LogP contribution in [-0.2, 0) is 7.05 Å². The second kappa shape index (κ2) is 7.41. The number of oxime groups is 1. The first kappa shape index (κ1) is 18.1. The molecule has 140 valence electrons. The van der Waals surface area contributed by atoms with Crippen LogP contribution in [0.5, 0.6) is 0 Å². The van der Waals surface area contributed by atoms with E-state index in [1.807, 2.05) is 74.8 Å². The van der Waals surface area contributed by atoms with Crippen molar-refractivity contribution < 1.29 is 5.21 Å². The summed E-state index contributed by atoms with van der Waals surface area (Å²) < 4.78 is 2.09. The second-order valence-corrected chi connectivity index (χ2v) is 7.16. The molecule has 4 aromatic rings. The number of nitrogens with zero attached hydrogens (tertiary/aromatic N) is 2. The van der Waals surface area contributed by atoms with Gasteiger partial charge in [-0.05, 0) is 42.8 Å². The first-order valence-electron chi connectivity index (χ1n) is 8.97. The van der Waals surface area contributed by atoms with Crippen LogP contribution in [0.4, 0.5) is 11.4 Å². The Morgan fingerprint density at radius 2 is 1.82 bits per heavy atom. The molecular weight excluding hydrogens is 370 g/mol. The van der Waals surface area contributed by atoms with Gasteiger partial charge in [-0.2, -0.15) is 0 Å². The number of hydrogen-bond donors (Lipinski definition) is 2. The fourth-order valence-electron chi connectivity index (χ4n) is 3.49. The molecular formula is C23H20ClN3O. The molecule has 0 aliphatic carbocycles. The Morgan fingerprint density at radius 3 is 2.57 bits per heavy atom. The van der Waals surface area contributed by atoms with E-state index in [1.165, 1.54) is 5.39 Å². The van der Waals surface area contributed by atoms with Gasteiger partial charge in [-0.1, -0.05) is 53.2 Å². The Morgan fingerprint density at radius 1 is 1.00 bits per heavy atom. The maximum atomic E-state index is 9.62. The van der Waals surface area contributed by atoms with Crippen LogP contribution in [0.1, 0.15) is 16.7 Å². The van der Waals surface area contributed by atoms with Gasteiger partial charge in [0.1, 0.15) is 5.71 Å². The predicted octanol–water partition coefficient (Wildman–Crippen LogP) is 6.11. The number of para-hydroxylation sites is 1. The first-order valence-corrected chi connectivity index (χ1v) is 9.35. The van der Waals surface area contributed by atoms with E-state index in [4.69, 9.17) is 11.6 Å². The van der Waals surface area contributed by atoms with Crippen molar-refractivity contribution in [1.29, 1.82) is 0 Å². The Kier molecular flexibility index (Phi) is 4.80. The van der Waals surface area contributed by atoms with E-state index >= 15 is 0 Å². The zero-order valence-corrected chi connectivity index (χ0v) is 16.4. The molecule has 4 rings (SSSR count). The summed E-state index contributed by atoms with van der Waals surface area (Å²) in [5.41, 5.74) is 6.00. The molecule has 0 aliphatic heterocycles. The molecule has 0 saturated heterocycles. The number of rotatable bonds is 4. The summed E-state index contributed by atoms with van der Waals surface area (Å²) in [5.74, 6) is 0. The lowest BCUT2D eigenvalue weighted by Gasteiger charge is -2.13. The van der Waals surface area contributed by atoms with Gasteiger partial charge < -0.3 is 15.1 Å². The largest absolute Gasteiger partial charge is 0.410 e. The van der Waals surface area contributed by atoms with E-state index in [-0.39, 0.29) is 0 Å². The summed E-state index contributed by atoms with van der Waals surface area (Å²) in [6.45, 7) is 1.98. The van der Waals surface area contributed by atoms with Gasteiger partial charge in [0, 0.05) is 35.4 Å². The fourth-order valence-corrected chi connectivity index (χ4v) is 3.76. The van der Waals surface area contributed by atoms with Crippen LogP contribution in [0.15, 0.2) is 78.1 Å². The van der Waals surface area contributed by atoms with Gasteiger partial charge in [0.25, 0.3) is 0 Å². The molecule has 3 aromatic carbocycles. The zero-order valence-electron chi connectivity index (χ0n) is 15.6. The minimum Gasteiger partial charge on any atom is -0.410 e. The molecule has 0 unspecified atom stereocenters.